The van der Waals surface area contributed by atoms with Gasteiger partial charge in [-0.05, 0) is 43.8 Å². The Labute approximate surface area is 159 Å². The fourth-order valence-corrected chi connectivity index (χ4v) is 3.20. The molecule has 140 valence electrons. The van der Waals surface area contributed by atoms with Crippen LogP contribution >= 0.6 is 12.2 Å². The van der Waals surface area contributed by atoms with Gasteiger partial charge in [0.25, 0.3) is 0 Å². The number of allylic oxidation sites excluding steroid dienone is 1. The molecule has 8 heteroatoms. The van der Waals surface area contributed by atoms with Crippen molar-refractivity contribution in [2.24, 2.45) is 0 Å². The molecule has 0 aromatic heterocycles. The Morgan fingerprint density at radius 3 is 2.65 bits per heavy atom. The lowest BCUT2D eigenvalue weighted by molar-refractivity contribution is -0.136. The molecule has 0 fully saturated rings. The molecule has 1 heterocycles. The highest BCUT2D eigenvalue weighted by atomic mass is 32.1. The average molecular weight is 376 g/mol. The van der Waals surface area contributed by atoms with Crippen LogP contribution in [0.25, 0.3) is 0 Å². The van der Waals surface area contributed by atoms with Crippen molar-refractivity contribution < 1.29 is 14.3 Å². The predicted molar refractivity (Wildman–Crippen MR) is 105 cm³/mol. The first kappa shape index (κ1) is 19.7. The van der Waals surface area contributed by atoms with Gasteiger partial charge in [-0.1, -0.05) is 12.1 Å². The summed E-state index contributed by atoms with van der Waals surface area (Å²) >= 11 is 5.45. The maximum atomic E-state index is 12.4. The molecule has 1 aromatic carbocycles. The average Bonchev–Trinajstić information content (AvgIpc) is 2.61. The van der Waals surface area contributed by atoms with Crippen molar-refractivity contribution in [3.05, 3.63) is 41.1 Å². The van der Waals surface area contributed by atoms with Crippen molar-refractivity contribution in [1.82, 2.24) is 15.1 Å². The van der Waals surface area contributed by atoms with Crippen LogP contribution in [0.5, 0.6) is 0 Å². The van der Waals surface area contributed by atoms with E-state index in [-0.39, 0.29) is 6.03 Å². The van der Waals surface area contributed by atoms with E-state index < -0.39 is 12.0 Å². The highest BCUT2D eigenvalue weighted by molar-refractivity contribution is 7.80. The van der Waals surface area contributed by atoms with Gasteiger partial charge in [-0.2, -0.15) is 0 Å². The Balaban J connectivity index is 2.45. The standard InChI is InChI=1S/C18H24N4O3S/c1-6-22-11(2)14(16(23)25-5)15(20-18(22)26)12-8-7-9-13(10-12)19-17(24)21(3)4/h7-10,15H,6H2,1-5H3,(H,19,24)(H,20,26). The molecule has 26 heavy (non-hydrogen) atoms. The molecule has 0 aliphatic carbocycles. The number of carbonyl (C=O) groups is 2. The predicted octanol–water partition coefficient (Wildman–Crippen LogP) is 2.48. The second kappa shape index (κ2) is 8.18. The van der Waals surface area contributed by atoms with E-state index in [0.29, 0.717) is 22.9 Å². The Hall–Kier alpha value is -2.61. The Morgan fingerprint density at radius 2 is 2.08 bits per heavy atom. The molecule has 2 rings (SSSR count). The van der Waals surface area contributed by atoms with Gasteiger partial charge in [-0.15, -0.1) is 0 Å². The first-order valence-corrected chi connectivity index (χ1v) is 8.66. The molecule has 1 aliphatic heterocycles. The Kier molecular flexibility index (Phi) is 6.20. The number of hydrogen-bond donors (Lipinski definition) is 2. The molecule has 0 saturated carbocycles. The van der Waals surface area contributed by atoms with Gasteiger partial charge in [0.15, 0.2) is 5.11 Å². The third-order valence-electron chi connectivity index (χ3n) is 4.20. The molecule has 0 bridgehead atoms. The summed E-state index contributed by atoms with van der Waals surface area (Å²) in [6.45, 7) is 4.46. The van der Waals surface area contributed by atoms with Crippen molar-refractivity contribution in [3.8, 4) is 0 Å². The van der Waals surface area contributed by atoms with Gasteiger partial charge in [0, 0.05) is 32.0 Å². The summed E-state index contributed by atoms with van der Waals surface area (Å²) in [5.74, 6) is -0.413. The molecule has 2 N–H and O–H groups in total. The van der Waals surface area contributed by atoms with Gasteiger partial charge >= 0.3 is 12.0 Å². The van der Waals surface area contributed by atoms with Crippen LogP contribution in [0, 0.1) is 0 Å². The van der Waals surface area contributed by atoms with Crippen LogP contribution in [0.2, 0.25) is 0 Å². The number of urea groups is 1. The molecule has 1 atom stereocenters. The smallest absolute Gasteiger partial charge is 0.337 e. The largest absolute Gasteiger partial charge is 0.466 e. The Morgan fingerprint density at radius 1 is 1.38 bits per heavy atom. The molecular formula is C18H24N4O3S. The molecule has 0 radical (unpaired) electrons. The van der Waals surface area contributed by atoms with Crippen LogP contribution in [-0.2, 0) is 9.53 Å². The second-order valence-electron chi connectivity index (χ2n) is 6.07. The SMILES string of the molecule is CCN1C(=S)NC(c2cccc(NC(=O)N(C)C)c2)C(C(=O)OC)=C1C. The fourth-order valence-electron chi connectivity index (χ4n) is 2.82. The molecule has 0 spiro atoms. The van der Waals surface area contributed by atoms with Crippen molar-refractivity contribution in [3.63, 3.8) is 0 Å². The van der Waals surface area contributed by atoms with Gasteiger partial charge in [0.1, 0.15) is 0 Å². The maximum absolute atomic E-state index is 12.4. The minimum absolute atomic E-state index is 0.230. The summed E-state index contributed by atoms with van der Waals surface area (Å²) in [7, 11) is 4.69. The van der Waals surface area contributed by atoms with E-state index >= 15 is 0 Å². The first-order chi connectivity index (χ1) is 12.3. The maximum Gasteiger partial charge on any atom is 0.337 e. The number of hydrogen-bond acceptors (Lipinski definition) is 4. The topological polar surface area (TPSA) is 73.9 Å². The summed E-state index contributed by atoms with van der Waals surface area (Å²) < 4.78 is 4.98. The van der Waals surface area contributed by atoms with E-state index in [9.17, 15) is 9.59 Å². The minimum Gasteiger partial charge on any atom is -0.466 e. The molecular weight excluding hydrogens is 352 g/mol. The van der Waals surface area contributed by atoms with Crippen molar-refractivity contribution >= 4 is 35.0 Å². The number of methoxy groups -OCH3 is 1. The monoisotopic (exact) mass is 376 g/mol. The van der Waals surface area contributed by atoms with E-state index in [1.807, 2.05) is 36.9 Å². The zero-order chi connectivity index (χ0) is 19.4. The van der Waals surface area contributed by atoms with E-state index in [2.05, 4.69) is 10.6 Å². The van der Waals surface area contributed by atoms with Gasteiger partial charge in [-0.25, -0.2) is 9.59 Å². The minimum atomic E-state index is -0.450. The molecule has 1 aromatic rings. The quantitative estimate of drug-likeness (QED) is 0.621. The number of thiocarbonyl (C=S) groups is 1. The number of esters is 1. The zero-order valence-electron chi connectivity index (χ0n) is 15.6. The lowest BCUT2D eigenvalue weighted by Crippen LogP contribution is -2.47. The van der Waals surface area contributed by atoms with Crippen LogP contribution < -0.4 is 10.6 Å². The van der Waals surface area contributed by atoms with E-state index in [1.165, 1.54) is 12.0 Å². The molecule has 0 saturated heterocycles. The van der Waals surface area contributed by atoms with Crippen molar-refractivity contribution in [2.45, 2.75) is 19.9 Å². The number of amides is 2. The van der Waals surface area contributed by atoms with Gasteiger partial charge < -0.3 is 25.2 Å². The molecule has 1 unspecified atom stereocenters. The van der Waals surface area contributed by atoms with Gasteiger partial charge in [0.05, 0.1) is 18.7 Å². The second-order valence-corrected chi connectivity index (χ2v) is 6.45. The third-order valence-corrected chi connectivity index (χ3v) is 4.53. The van der Waals surface area contributed by atoms with Crippen LogP contribution in [0.15, 0.2) is 35.5 Å². The van der Waals surface area contributed by atoms with E-state index in [0.717, 1.165) is 11.3 Å². The summed E-state index contributed by atoms with van der Waals surface area (Å²) in [4.78, 5) is 27.6. The van der Waals surface area contributed by atoms with Crippen LogP contribution in [0.4, 0.5) is 10.5 Å². The lowest BCUT2D eigenvalue weighted by Gasteiger charge is -2.37. The Bertz CT molecular complexity index is 761. The van der Waals surface area contributed by atoms with Gasteiger partial charge in [-0.3, -0.25) is 0 Å². The summed E-state index contributed by atoms with van der Waals surface area (Å²) in [5, 5.41) is 6.56. The van der Waals surface area contributed by atoms with Crippen LogP contribution in [-0.4, -0.2) is 54.7 Å². The molecule has 2 amide bonds. The number of anilines is 1. The van der Waals surface area contributed by atoms with Crippen molar-refractivity contribution in [1.29, 1.82) is 0 Å². The summed E-state index contributed by atoms with van der Waals surface area (Å²) in [5.41, 5.74) is 2.70. The number of benzene rings is 1. The fraction of sp³-hybridized carbons (Fsp3) is 0.389. The highest BCUT2D eigenvalue weighted by Crippen LogP contribution is 2.32. The van der Waals surface area contributed by atoms with Crippen molar-refractivity contribution in [2.75, 3.05) is 33.1 Å². The lowest BCUT2D eigenvalue weighted by atomic mass is 9.94. The van der Waals surface area contributed by atoms with E-state index in [1.54, 1.807) is 20.2 Å². The van der Waals surface area contributed by atoms with Crippen LogP contribution in [0.1, 0.15) is 25.5 Å². The van der Waals surface area contributed by atoms with Crippen LogP contribution in [0.3, 0.4) is 0 Å². The number of ether oxygens (including phenoxy) is 1. The number of rotatable bonds is 4. The number of carbonyl (C=O) groups excluding carboxylic acids is 2. The zero-order valence-corrected chi connectivity index (χ0v) is 16.4. The first-order valence-electron chi connectivity index (χ1n) is 8.25. The van der Waals surface area contributed by atoms with Gasteiger partial charge in [0.2, 0.25) is 0 Å². The van der Waals surface area contributed by atoms with E-state index in [4.69, 9.17) is 17.0 Å². The number of nitrogens with zero attached hydrogens (tertiary/aromatic N) is 2. The summed E-state index contributed by atoms with van der Waals surface area (Å²) in [6.07, 6.45) is 0. The molecule has 7 nitrogen and oxygen atoms in total. The normalized spacial score (nSPS) is 16.9. The molecule has 1 aliphatic rings. The highest BCUT2D eigenvalue weighted by Gasteiger charge is 2.34. The number of nitrogens with one attached hydrogen (secondary N) is 2. The third kappa shape index (κ3) is 3.96. The summed E-state index contributed by atoms with van der Waals surface area (Å²) in [6, 6.07) is 6.63.